The molecule has 2 amide bonds. The fourth-order valence-corrected chi connectivity index (χ4v) is 2.47. The number of hydrogen-bond donors (Lipinski definition) is 0. The molecular weight excluding hydrogens is 297 g/mol. The molecular formula is C15H17F3N2O2. The third-order valence-electron chi connectivity index (χ3n) is 3.69. The summed E-state index contributed by atoms with van der Waals surface area (Å²) in [6.07, 6.45) is 2.80. The number of amides is 2. The molecule has 0 unspecified atom stereocenters. The van der Waals surface area contributed by atoms with Crippen LogP contribution in [0.25, 0.3) is 0 Å². The Kier molecular flexibility index (Phi) is 5.05. The lowest BCUT2D eigenvalue weighted by Gasteiger charge is -2.29. The van der Waals surface area contributed by atoms with Crippen molar-refractivity contribution in [3.05, 3.63) is 29.6 Å². The molecule has 0 aliphatic carbocycles. The summed E-state index contributed by atoms with van der Waals surface area (Å²) in [5.41, 5.74) is -0.434. The Morgan fingerprint density at radius 2 is 1.73 bits per heavy atom. The van der Waals surface area contributed by atoms with E-state index >= 15 is 0 Å². The van der Waals surface area contributed by atoms with Crippen molar-refractivity contribution >= 4 is 17.5 Å². The monoisotopic (exact) mass is 314 g/mol. The molecule has 1 heterocycles. The van der Waals surface area contributed by atoms with Crippen molar-refractivity contribution < 1.29 is 22.8 Å². The van der Waals surface area contributed by atoms with E-state index in [9.17, 15) is 22.8 Å². The number of hydrogen-bond acceptors (Lipinski definition) is 2. The molecule has 0 spiro atoms. The molecule has 0 saturated carbocycles. The Morgan fingerprint density at radius 3 is 2.32 bits per heavy atom. The van der Waals surface area contributed by atoms with Crippen LogP contribution in [-0.4, -0.2) is 36.3 Å². The van der Waals surface area contributed by atoms with E-state index in [4.69, 9.17) is 0 Å². The third-order valence-corrected chi connectivity index (χ3v) is 3.69. The topological polar surface area (TPSA) is 40.6 Å². The first-order valence-electron chi connectivity index (χ1n) is 7.11. The van der Waals surface area contributed by atoms with Crippen LogP contribution in [0.3, 0.4) is 0 Å². The molecule has 1 aliphatic heterocycles. The van der Waals surface area contributed by atoms with Crippen molar-refractivity contribution in [3.63, 3.8) is 0 Å². The van der Waals surface area contributed by atoms with Gasteiger partial charge in [0, 0.05) is 20.0 Å². The number of carbonyl (C=O) groups excluding carboxylic acids is 2. The number of halogens is 3. The van der Waals surface area contributed by atoms with Gasteiger partial charge in [0.2, 0.25) is 11.8 Å². The van der Waals surface area contributed by atoms with E-state index in [2.05, 4.69) is 0 Å². The molecule has 1 fully saturated rings. The van der Waals surface area contributed by atoms with Crippen LogP contribution in [0.4, 0.5) is 18.9 Å². The average molecular weight is 314 g/mol. The van der Waals surface area contributed by atoms with E-state index < -0.39 is 35.6 Å². The highest BCUT2D eigenvalue weighted by atomic mass is 19.2. The van der Waals surface area contributed by atoms with Crippen LogP contribution in [-0.2, 0) is 9.59 Å². The molecule has 0 bridgehead atoms. The fraction of sp³-hybridized carbons (Fsp3) is 0.467. The third kappa shape index (κ3) is 3.40. The predicted octanol–water partition coefficient (Wildman–Crippen LogP) is 2.47. The van der Waals surface area contributed by atoms with E-state index in [0.717, 1.165) is 43.2 Å². The average Bonchev–Trinajstić information content (AvgIpc) is 2.51. The number of likely N-dealkylation sites (tertiary alicyclic amines) is 1. The molecule has 4 nitrogen and oxygen atoms in total. The zero-order valence-electron chi connectivity index (χ0n) is 12.2. The van der Waals surface area contributed by atoms with Crippen molar-refractivity contribution in [1.82, 2.24) is 4.90 Å². The molecule has 1 aromatic rings. The van der Waals surface area contributed by atoms with Crippen molar-refractivity contribution in [2.45, 2.75) is 26.2 Å². The maximum atomic E-state index is 13.8. The number of anilines is 1. The molecule has 1 aromatic carbocycles. The normalized spacial score (nSPS) is 14.8. The molecule has 2 rings (SSSR count). The SMILES string of the molecule is CC(=O)N(CC(=O)N1CCCCC1)c1ccc(F)c(F)c1F. The summed E-state index contributed by atoms with van der Waals surface area (Å²) >= 11 is 0. The largest absolute Gasteiger partial charge is 0.341 e. The molecule has 7 heteroatoms. The minimum Gasteiger partial charge on any atom is -0.341 e. The highest BCUT2D eigenvalue weighted by molar-refractivity contribution is 5.97. The summed E-state index contributed by atoms with van der Waals surface area (Å²) in [7, 11) is 0. The van der Waals surface area contributed by atoms with Crippen molar-refractivity contribution in [1.29, 1.82) is 0 Å². The first-order valence-corrected chi connectivity index (χ1v) is 7.11. The lowest BCUT2D eigenvalue weighted by atomic mass is 10.1. The smallest absolute Gasteiger partial charge is 0.242 e. The van der Waals surface area contributed by atoms with Gasteiger partial charge in [-0.05, 0) is 31.4 Å². The summed E-state index contributed by atoms with van der Waals surface area (Å²) in [5.74, 6) is -5.42. The van der Waals surface area contributed by atoms with Crippen LogP contribution in [0.15, 0.2) is 12.1 Å². The molecule has 0 atom stereocenters. The summed E-state index contributed by atoms with van der Waals surface area (Å²) < 4.78 is 40.1. The van der Waals surface area contributed by atoms with Crippen LogP contribution in [0.1, 0.15) is 26.2 Å². The van der Waals surface area contributed by atoms with Gasteiger partial charge in [0.25, 0.3) is 0 Å². The van der Waals surface area contributed by atoms with E-state index in [1.165, 1.54) is 0 Å². The highest BCUT2D eigenvalue weighted by Gasteiger charge is 2.25. The second-order valence-electron chi connectivity index (χ2n) is 5.24. The number of rotatable bonds is 3. The van der Waals surface area contributed by atoms with Crippen LogP contribution in [0.5, 0.6) is 0 Å². The predicted molar refractivity (Wildman–Crippen MR) is 74.8 cm³/mol. The fourth-order valence-electron chi connectivity index (χ4n) is 2.47. The van der Waals surface area contributed by atoms with Gasteiger partial charge in [0.15, 0.2) is 17.5 Å². The number of carbonyl (C=O) groups is 2. The quantitative estimate of drug-likeness (QED) is 0.804. The number of piperidine rings is 1. The molecule has 1 saturated heterocycles. The Hall–Kier alpha value is -2.05. The van der Waals surface area contributed by atoms with Gasteiger partial charge in [0.05, 0.1) is 5.69 Å². The Balaban J connectivity index is 2.22. The Labute approximate surface area is 126 Å². The molecule has 22 heavy (non-hydrogen) atoms. The molecule has 0 radical (unpaired) electrons. The summed E-state index contributed by atoms with van der Waals surface area (Å²) in [5, 5.41) is 0. The lowest BCUT2D eigenvalue weighted by molar-refractivity contribution is -0.132. The summed E-state index contributed by atoms with van der Waals surface area (Å²) in [6.45, 7) is 1.93. The van der Waals surface area contributed by atoms with Gasteiger partial charge in [-0.25, -0.2) is 13.2 Å². The Bertz CT molecular complexity index is 586. The first kappa shape index (κ1) is 16.3. The van der Waals surface area contributed by atoms with E-state index in [1.54, 1.807) is 4.90 Å². The van der Waals surface area contributed by atoms with Crippen molar-refractivity contribution in [3.8, 4) is 0 Å². The Morgan fingerprint density at radius 1 is 1.09 bits per heavy atom. The van der Waals surface area contributed by atoms with Gasteiger partial charge < -0.3 is 9.80 Å². The zero-order chi connectivity index (χ0) is 16.3. The van der Waals surface area contributed by atoms with Gasteiger partial charge in [0.1, 0.15) is 6.54 Å². The maximum absolute atomic E-state index is 13.8. The summed E-state index contributed by atoms with van der Waals surface area (Å²) in [6, 6.07) is 1.69. The number of nitrogens with zero attached hydrogens (tertiary/aromatic N) is 2. The second kappa shape index (κ2) is 6.81. The molecule has 120 valence electrons. The van der Waals surface area contributed by atoms with Gasteiger partial charge in [-0.1, -0.05) is 0 Å². The van der Waals surface area contributed by atoms with Crippen LogP contribution in [0, 0.1) is 17.5 Å². The second-order valence-corrected chi connectivity index (χ2v) is 5.24. The highest BCUT2D eigenvalue weighted by Crippen LogP contribution is 2.24. The first-order chi connectivity index (χ1) is 10.4. The van der Waals surface area contributed by atoms with Crippen LogP contribution < -0.4 is 4.90 Å². The van der Waals surface area contributed by atoms with Crippen molar-refractivity contribution in [2.75, 3.05) is 24.5 Å². The van der Waals surface area contributed by atoms with Crippen LogP contribution >= 0.6 is 0 Å². The molecule has 0 aromatic heterocycles. The van der Waals surface area contributed by atoms with Gasteiger partial charge in [-0.15, -0.1) is 0 Å². The van der Waals surface area contributed by atoms with Gasteiger partial charge in [-0.2, -0.15) is 0 Å². The van der Waals surface area contributed by atoms with Gasteiger partial charge >= 0.3 is 0 Å². The lowest BCUT2D eigenvalue weighted by Crippen LogP contribution is -2.44. The zero-order valence-corrected chi connectivity index (χ0v) is 12.2. The molecule has 1 aliphatic rings. The standard InChI is InChI=1S/C15H17F3N2O2/c1-10(21)20(9-13(22)19-7-3-2-4-8-19)12-6-5-11(16)14(17)15(12)18/h5-6H,2-4,7-9H2,1H3. The molecule has 0 N–H and O–H groups in total. The summed E-state index contributed by atoms with van der Waals surface area (Å²) in [4.78, 5) is 26.3. The van der Waals surface area contributed by atoms with Crippen molar-refractivity contribution in [2.24, 2.45) is 0 Å². The van der Waals surface area contributed by atoms with E-state index in [1.807, 2.05) is 0 Å². The maximum Gasteiger partial charge on any atom is 0.242 e. The minimum absolute atomic E-state index is 0.334. The van der Waals surface area contributed by atoms with Crippen LogP contribution in [0.2, 0.25) is 0 Å². The van der Waals surface area contributed by atoms with E-state index in [0.29, 0.717) is 13.1 Å². The number of benzene rings is 1. The van der Waals surface area contributed by atoms with E-state index in [-0.39, 0.29) is 5.91 Å². The minimum atomic E-state index is -1.66. The van der Waals surface area contributed by atoms with Gasteiger partial charge in [-0.3, -0.25) is 9.59 Å².